The third-order valence-corrected chi connectivity index (χ3v) is 6.26. The van der Waals surface area contributed by atoms with E-state index in [-0.39, 0.29) is 0 Å². The Kier molecular flexibility index (Phi) is 6.05. The summed E-state index contributed by atoms with van der Waals surface area (Å²) in [6.07, 6.45) is -2.23. The molecule has 5 rings (SSSR count). The van der Waals surface area contributed by atoms with E-state index < -0.39 is 40.8 Å². The molecule has 1 aliphatic heterocycles. The molecule has 0 unspecified atom stereocenters. The number of hydrazine groups is 1. The van der Waals surface area contributed by atoms with Crippen molar-refractivity contribution in [2.45, 2.75) is 18.8 Å². The smallest absolute Gasteiger partial charge is 0.304 e. The number of benzene rings is 3. The van der Waals surface area contributed by atoms with E-state index in [9.17, 15) is 22.8 Å². The number of carbonyl (C=O) groups is 1. The molecule has 0 saturated heterocycles. The lowest BCUT2D eigenvalue weighted by Crippen LogP contribution is -2.43. The van der Waals surface area contributed by atoms with Gasteiger partial charge in [0.05, 0.1) is 17.3 Å². The van der Waals surface area contributed by atoms with Crippen LogP contribution >= 0.6 is 11.6 Å². The van der Waals surface area contributed by atoms with Crippen molar-refractivity contribution >= 4 is 34.0 Å². The van der Waals surface area contributed by atoms with E-state index in [2.05, 4.69) is 5.43 Å². The van der Waals surface area contributed by atoms with E-state index in [1.165, 1.54) is 5.01 Å². The van der Waals surface area contributed by atoms with Crippen molar-refractivity contribution < 1.29 is 18.0 Å². The number of hydrogen-bond acceptors (Lipinski definition) is 3. The first-order valence-electron chi connectivity index (χ1n) is 11.0. The molecule has 9 heteroatoms. The Balaban J connectivity index is 1.49. The Morgan fingerprint density at radius 1 is 0.944 bits per heavy atom. The van der Waals surface area contributed by atoms with E-state index in [4.69, 9.17) is 11.6 Å². The summed E-state index contributed by atoms with van der Waals surface area (Å²) in [6, 6.07) is 23.0. The van der Waals surface area contributed by atoms with Gasteiger partial charge in [0.15, 0.2) is 0 Å². The number of halogens is 4. The van der Waals surface area contributed by atoms with Crippen LogP contribution < -0.4 is 11.0 Å². The Bertz CT molecular complexity index is 1550. The van der Waals surface area contributed by atoms with E-state index in [0.717, 1.165) is 21.9 Å². The van der Waals surface area contributed by atoms with Crippen LogP contribution in [0.25, 0.3) is 16.5 Å². The molecule has 1 N–H and O–H groups in total. The van der Waals surface area contributed by atoms with Crippen LogP contribution in [0.5, 0.6) is 0 Å². The standard InChI is InChI=1S/C27H19ClF3N3O2/c28-22-13-21(27(29,30)31)15-33(26(22)36)16-25(35)34-24(18-7-2-1-3-8-18)14-23(32-34)20-11-10-17-6-4-5-9-19(17)12-20/h1-15,24,32H,16H2/t24-/m1/s1. The number of pyridine rings is 1. The third kappa shape index (κ3) is 4.59. The zero-order valence-electron chi connectivity index (χ0n) is 18.7. The van der Waals surface area contributed by atoms with Crippen molar-refractivity contribution in [1.82, 2.24) is 15.0 Å². The average Bonchev–Trinajstić information content (AvgIpc) is 3.32. The molecule has 0 spiro atoms. The number of nitrogens with zero attached hydrogens (tertiary/aromatic N) is 2. The number of aromatic nitrogens is 1. The quantitative estimate of drug-likeness (QED) is 0.378. The fourth-order valence-electron chi connectivity index (χ4n) is 4.19. The van der Waals surface area contributed by atoms with Gasteiger partial charge in [0.25, 0.3) is 11.5 Å². The molecule has 1 amide bonds. The molecule has 0 saturated carbocycles. The number of carbonyl (C=O) groups excluding carboxylic acids is 1. The summed E-state index contributed by atoms with van der Waals surface area (Å²) >= 11 is 5.76. The summed E-state index contributed by atoms with van der Waals surface area (Å²) in [5.74, 6) is -0.603. The lowest BCUT2D eigenvalue weighted by Gasteiger charge is -2.26. The van der Waals surface area contributed by atoms with Crippen LogP contribution in [0.3, 0.4) is 0 Å². The van der Waals surface area contributed by atoms with Gasteiger partial charge in [-0.25, -0.2) is 5.01 Å². The van der Waals surface area contributed by atoms with Crippen molar-refractivity contribution in [1.29, 1.82) is 0 Å². The van der Waals surface area contributed by atoms with Crippen molar-refractivity contribution in [2.75, 3.05) is 0 Å². The zero-order valence-corrected chi connectivity index (χ0v) is 19.4. The highest BCUT2D eigenvalue weighted by molar-refractivity contribution is 6.30. The molecular formula is C27H19ClF3N3O2. The summed E-state index contributed by atoms with van der Waals surface area (Å²) in [5.41, 5.74) is 3.40. The zero-order chi connectivity index (χ0) is 25.4. The van der Waals surface area contributed by atoms with Gasteiger partial charge in [-0.3, -0.25) is 15.0 Å². The minimum absolute atomic E-state index is 0.544. The molecule has 1 aliphatic rings. The van der Waals surface area contributed by atoms with Crippen molar-refractivity contribution in [3.63, 3.8) is 0 Å². The molecular weight excluding hydrogens is 491 g/mol. The van der Waals surface area contributed by atoms with E-state index in [0.29, 0.717) is 22.5 Å². The summed E-state index contributed by atoms with van der Waals surface area (Å²) in [7, 11) is 0. The van der Waals surface area contributed by atoms with Crippen molar-refractivity contribution in [2.24, 2.45) is 0 Å². The largest absolute Gasteiger partial charge is 0.417 e. The Labute approximate surface area is 209 Å². The summed E-state index contributed by atoms with van der Waals surface area (Å²) in [4.78, 5) is 25.8. The molecule has 0 bridgehead atoms. The van der Waals surface area contributed by atoms with Crippen LogP contribution in [0, 0.1) is 0 Å². The third-order valence-electron chi connectivity index (χ3n) is 5.99. The molecule has 2 heterocycles. The lowest BCUT2D eigenvalue weighted by atomic mass is 10.0. The number of hydrogen-bond donors (Lipinski definition) is 1. The predicted molar refractivity (Wildman–Crippen MR) is 132 cm³/mol. The first-order valence-corrected chi connectivity index (χ1v) is 11.4. The van der Waals surface area contributed by atoms with Crippen LogP contribution in [-0.2, 0) is 17.5 Å². The fraction of sp³-hybridized carbons (Fsp3) is 0.111. The van der Waals surface area contributed by atoms with Crippen LogP contribution in [0.15, 0.2) is 95.9 Å². The molecule has 0 fully saturated rings. The SMILES string of the molecule is O=C(Cn1cc(C(F)(F)F)cc(Cl)c1=O)N1NC(c2ccc3ccccc3c2)=C[C@@H]1c1ccccc1. The number of nitrogens with one attached hydrogen (secondary N) is 1. The molecule has 1 atom stereocenters. The summed E-state index contributed by atoms with van der Waals surface area (Å²) < 4.78 is 40.5. The number of fused-ring (bicyclic) bond motifs is 1. The molecule has 0 radical (unpaired) electrons. The Hall–Kier alpha value is -4.04. The molecule has 36 heavy (non-hydrogen) atoms. The molecule has 1 aromatic heterocycles. The molecule has 5 nitrogen and oxygen atoms in total. The summed E-state index contributed by atoms with van der Waals surface area (Å²) in [5, 5.41) is 2.79. The monoisotopic (exact) mass is 509 g/mol. The molecule has 182 valence electrons. The second-order valence-corrected chi connectivity index (χ2v) is 8.79. The number of rotatable bonds is 4. The van der Waals surface area contributed by atoms with Crippen molar-refractivity contribution in [3.8, 4) is 0 Å². The van der Waals surface area contributed by atoms with Gasteiger partial charge < -0.3 is 4.57 Å². The lowest BCUT2D eigenvalue weighted by molar-refractivity contribution is -0.139. The molecule has 3 aromatic carbocycles. The maximum absolute atomic E-state index is 13.4. The van der Waals surface area contributed by atoms with E-state index >= 15 is 0 Å². The van der Waals surface area contributed by atoms with Gasteiger partial charge in [-0.05, 0) is 40.1 Å². The van der Waals surface area contributed by atoms with Crippen LogP contribution in [0.2, 0.25) is 5.02 Å². The van der Waals surface area contributed by atoms with Gasteiger partial charge in [-0.15, -0.1) is 0 Å². The number of alkyl halides is 3. The highest BCUT2D eigenvalue weighted by Gasteiger charge is 2.34. The maximum atomic E-state index is 13.4. The first kappa shape index (κ1) is 23.7. The van der Waals surface area contributed by atoms with Crippen molar-refractivity contribution in [3.05, 3.63) is 123 Å². The number of amides is 1. The van der Waals surface area contributed by atoms with Gasteiger partial charge in [-0.2, -0.15) is 13.2 Å². The van der Waals surface area contributed by atoms with Crippen LogP contribution in [-0.4, -0.2) is 15.5 Å². The fourth-order valence-corrected chi connectivity index (χ4v) is 4.42. The second kappa shape index (κ2) is 9.20. The molecule has 4 aromatic rings. The summed E-state index contributed by atoms with van der Waals surface area (Å²) in [6.45, 7) is -0.627. The maximum Gasteiger partial charge on any atom is 0.417 e. The van der Waals surface area contributed by atoms with Gasteiger partial charge in [0.1, 0.15) is 11.6 Å². The van der Waals surface area contributed by atoms with E-state index in [1.807, 2.05) is 78.9 Å². The van der Waals surface area contributed by atoms with Gasteiger partial charge in [0.2, 0.25) is 0 Å². The molecule has 0 aliphatic carbocycles. The van der Waals surface area contributed by atoms with Gasteiger partial charge in [0, 0.05) is 6.20 Å². The van der Waals surface area contributed by atoms with E-state index in [1.54, 1.807) is 0 Å². The second-order valence-electron chi connectivity index (χ2n) is 8.38. The topological polar surface area (TPSA) is 54.3 Å². The Morgan fingerprint density at radius 3 is 2.36 bits per heavy atom. The highest BCUT2D eigenvalue weighted by Crippen LogP contribution is 2.33. The van der Waals surface area contributed by atoms with Gasteiger partial charge in [-0.1, -0.05) is 78.3 Å². The average molecular weight is 510 g/mol. The van der Waals surface area contributed by atoms with Crippen LogP contribution in [0.4, 0.5) is 13.2 Å². The minimum Gasteiger partial charge on any atom is -0.304 e. The predicted octanol–water partition coefficient (Wildman–Crippen LogP) is 5.80. The highest BCUT2D eigenvalue weighted by atomic mass is 35.5. The van der Waals surface area contributed by atoms with Crippen LogP contribution in [0.1, 0.15) is 22.7 Å². The minimum atomic E-state index is -4.72. The first-order chi connectivity index (χ1) is 17.2. The van der Waals surface area contributed by atoms with Gasteiger partial charge >= 0.3 is 6.18 Å². The Morgan fingerprint density at radius 2 is 1.64 bits per heavy atom. The normalized spacial score (nSPS) is 15.6.